The lowest BCUT2D eigenvalue weighted by Crippen LogP contribution is -2.18. The van der Waals surface area contributed by atoms with Crippen molar-refractivity contribution in [2.45, 2.75) is 19.3 Å². The van der Waals surface area contributed by atoms with Crippen LogP contribution in [-0.2, 0) is 0 Å². The summed E-state index contributed by atoms with van der Waals surface area (Å²) in [6, 6.07) is 23.5. The second-order valence-corrected chi connectivity index (χ2v) is 7.44. The van der Waals surface area contributed by atoms with Crippen LogP contribution in [0.3, 0.4) is 0 Å². The van der Waals surface area contributed by atoms with Gasteiger partial charge in [0.15, 0.2) is 5.11 Å². The van der Waals surface area contributed by atoms with Crippen molar-refractivity contribution in [2.75, 3.05) is 18.5 Å². The summed E-state index contributed by atoms with van der Waals surface area (Å²) < 4.78 is 16.8. The molecule has 3 aromatic rings. The predicted octanol–water partition coefficient (Wildman–Crippen LogP) is 5.19. The Labute approximate surface area is 193 Å². The molecule has 6 nitrogen and oxygen atoms in total. The van der Waals surface area contributed by atoms with Crippen LogP contribution in [0.25, 0.3) is 0 Å². The number of hydrogen-bond acceptors (Lipinski definition) is 5. The zero-order valence-corrected chi connectivity index (χ0v) is 18.5. The van der Waals surface area contributed by atoms with E-state index < -0.39 is 5.97 Å². The predicted molar refractivity (Wildman–Crippen MR) is 130 cm³/mol. The maximum atomic E-state index is 12.2. The van der Waals surface area contributed by atoms with E-state index in [1.165, 1.54) is 0 Å². The summed E-state index contributed by atoms with van der Waals surface area (Å²) in [6.07, 6.45) is 2.80. The zero-order chi connectivity index (χ0) is 22.6. The van der Waals surface area contributed by atoms with Gasteiger partial charge in [0.05, 0.1) is 18.8 Å². The molecular formula is C25H26N2O4S. The van der Waals surface area contributed by atoms with Gasteiger partial charge in [0.2, 0.25) is 0 Å². The van der Waals surface area contributed by atoms with Crippen molar-refractivity contribution < 1.29 is 19.0 Å². The van der Waals surface area contributed by atoms with Crippen molar-refractivity contribution in [3.05, 3.63) is 84.4 Å². The van der Waals surface area contributed by atoms with E-state index in [1.807, 2.05) is 42.5 Å². The third-order valence-corrected chi connectivity index (χ3v) is 4.57. The lowest BCUT2D eigenvalue weighted by Gasteiger charge is -2.09. The minimum atomic E-state index is -0.394. The number of nitrogens with two attached hydrogens (primary N) is 1. The van der Waals surface area contributed by atoms with Crippen molar-refractivity contribution in [3.63, 3.8) is 0 Å². The van der Waals surface area contributed by atoms with Crippen molar-refractivity contribution in [1.82, 2.24) is 0 Å². The highest BCUT2D eigenvalue weighted by molar-refractivity contribution is 7.80. The summed E-state index contributed by atoms with van der Waals surface area (Å²) in [5, 5.41) is 3.11. The van der Waals surface area contributed by atoms with Crippen LogP contribution >= 0.6 is 12.2 Å². The van der Waals surface area contributed by atoms with Gasteiger partial charge < -0.3 is 25.3 Å². The van der Waals surface area contributed by atoms with Gasteiger partial charge in [-0.05, 0) is 80.0 Å². The van der Waals surface area contributed by atoms with Crippen molar-refractivity contribution in [2.24, 2.45) is 5.73 Å². The van der Waals surface area contributed by atoms with Gasteiger partial charge in [-0.15, -0.1) is 0 Å². The van der Waals surface area contributed by atoms with Crippen molar-refractivity contribution >= 4 is 29.0 Å². The molecular weight excluding hydrogens is 424 g/mol. The molecule has 0 bridgehead atoms. The van der Waals surface area contributed by atoms with Crippen LogP contribution in [-0.4, -0.2) is 24.3 Å². The average Bonchev–Trinajstić information content (AvgIpc) is 2.79. The lowest BCUT2D eigenvalue weighted by atomic mass is 10.2. The van der Waals surface area contributed by atoms with Crippen LogP contribution < -0.4 is 25.3 Å². The molecule has 0 aromatic heterocycles. The molecule has 7 heteroatoms. The first-order chi connectivity index (χ1) is 15.6. The normalized spacial score (nSPS) is 10.2. The fraction of sp³-hybridized carbons (Fsp3) is 0.200. The molecule has 3 aromatic carbocycles. The molecule has 0 atom stereocenters. The van der Waals surface area contributed by atoms with Crippen LogP contribution in [0.1, 0.15) is 29.6 Å². The summed E-state index contributed by atoms with van der Waals surface area (Å²) in [5.41, 5.74) is 6.77. The van der Waals surface area contributed by atoms with E-state index in [0.29, 0.717) is 24.5 Å². The first-order valence-corrected chi connectivity index (χ1v) is 10.8. The fourth-order valence-corrected chi connectivity index (χ4v) is 3.03. The number of unbranched alkanes of at least 4 members (excludes halogenated alkanes) is 2. The SMILES string of the molecule is NC(=S)Nc1cccc(OCCCCCOc2ccc(C(=O)Oc3ccccc3)cc2)c1. The Hall–Kier alpha value is -3.58. The highest BCUT2D eigenvalue weighted by Crippen LogP contribution is 2.18. The number of carbonyl (C=O) groups is 1. The highest BCUT2D eigenvalue weighted by atomic mass is 32.1. The van der Waals surface area contributed by atoms with Crippen LogP contribution in [0.5, 0.6) is 17.2 Å². The maximum absolute atomic E-state index is 12.2. The average molecular weight is 451 g/mol. The molecule has 0 amide bonds. The number of carbonyl (C=O) groups excluding carboxylic acids is 1. The molecule has 0 aliphatic carbocycles. The first kappa shape index (κ1) is 23.1. The van der Waals surface area contributed by atoms with Gasteiger partial charge >= 0.3 is 5.97 Å². The molecule has 3 rings (SSSR count). The van der Waals surface area contributed by atoms with E-state index in [2.05, 4.69) is 5.32 Å². The molecule has 3 N–H and O–H groups in total. The van der Waals surface area contributed by atoms with Gasteiger partial charge in [-0.3, -0.25) is 0 Å². The third-order valence-electron chi connectivity index (χ3n) is 4.47. The number of anilines is 1. The number of rotatable bonds is 11. The Morgan fingerprint density at radius 1 is 0.781 bits per heavy atom. The monoisotopic (exact) mass is 450 g/mol. The molecule has 0 heterocycles. The van der Waals surface area contributed by atoms with Gasteiger partial charge in [-0.2, -0.15) is 0 Å². The van der Waals surface area contributed by atoms with Crippen LogP contribution in [0, 0.1) is 0 Å². The minimum Gasteiger partial charge on any atom is -0.494 e. The Kier molecular flexibility index (Phi) is 8.89. The molecule has 0 aliphatic rings. The standard InChI is InChI=1S/C25H26N2O4S/c26-25(32)27-20-8-7-11-23(18-20)30-17-6-2-5-16-29-21-14-12-19(13-15-21)24(28)31-22-9-3-1-4-10-22/h1,3-4,7-15,18H,2,5-6,16-17H2,(H3,26,27,32). The summed E-state index contributed by atoms with van der Waals surface area (Å²) >= 11 is 4.84. The number of nitrogens with one attached hydrogen (secondary N) is 1. The molecule has 0 spiro atoms. The van der Waals surface area contributed by atoms with Crippen LogP contribution in [0.4, 0.5) is 5.69 Å². The number of esters is 1. The smallest absolute Gasteiger partial charge is 0.343 e. The van der Waals surface area contributed by atoms with E-state index in [0.717, 1.165) is 36.4 Å². The summed E-state index contributed by atoms with van der Waals surface area (Å²) in [4.78, 5) is 12.2. The zero-order valence-electron chi connectivity index (χ0n) is 17.7. The van der Waals surface area contributed by atoms with E-state index in [4.69, 9.17) is 32.2 Å². The largest absolute Gasteiger partial charge is 0.494 e. The Balaban J connectivity index is 1.30. The number of hydrogen-bond donors (Lipinski definition) is 2. The Bertz CT molecular complexity index is 1010. The Morgan fingerprint density at radius 2 is 1.44 bits per heavy atom. The van der Waals surface area contributed by atoms with E-state index in [-0.39, 0.29) is 5.11 Å². The number of ether oxygens (including phenoxy) is 3. The minimum absolute atomic E-state index is 0.226. The van der Waals surface area contributed by atoms with E-state index in [1.54, 1.807) is 36.4 Å². The van der Waals surface area contributed by atoms with Gasteiger partial charge in [-0.1, -0.05) is 24.3 Å². The topological polar surface area (TPSA) is 82.8 Å². The van der Waals surface area contributed by atoms with Gasteiger partial charge in [0, 0.05) is 11.8 Å². The van der Waals surface area contributed by atoms with Gasteiger partial charge in [0.1, 0.15) is 17.2 Å². The Morgan fingerprint density at radius 3 is 2.12 bits per heavy atom. The second-order valence-electron chi connectivity index (χ2n) is 7.00. The molecule has 0 unspecified atom stereocenters. The number of benzene rings is 3. The maximum Gasteiger partial charge on any atom is 0.343 e. The van der Waals surface area contributed by atoms with Crippen molar-refractivity contribution in [3.8, 4) is 17.2 Å². The molecule has 166 valence electrons. The molecule has 0 saturated heterocycles. The molecule has 0 radical (unpaired) electrons. The van der Waals surface area contributed by atoms with Crippen LogP contribution in [0.2, 0.25) is 0 Å². The quantitative estimate of drug-likeness (QED) is 0.180. The summed E-state index contributed by atoms with van der Waals surface area (Å²) in [5.74, 6) is 1.62. The van der Waals surface area contributed by atoms with Gasteiger partial charge in [0.25, 0.3) is 0 Å². The number of para-hydroxylation sites is 1. The third kappa shape index (κ3) is 7.92. The summed E-state index contributed by atoms with van der Waals surface area (Å²) in [6.45, 7) is 1.22. The second kappa shape index (κ2) is 12.3. The van der Waals surface area contributed by atoms with Crippen molar-refractivity contribution in [1.29, 1.82) is 0 Å². The van der Waals surface area contributed by atoms with Crippen LogP contribution in [0.15, 0.2) is 78.9 Å². The van der Waals surface area contributed by atoms with E-state index in [9.17, 15) is 4.79 Å². The first-order valence-electron chi connectivity index (χ1n) is 10.4. The highest BCUT2D eigenvalue weighted by Gasteiger charge is 2.08. The molecule has 0 saturated carbocycles. The molecule has 0 aliphatic heterocycles. The molecule has 0 fully saturated rings. The number of thiocarbonyl (C=S) groups is 1. The van der Waals surface area contributed by atoms with E-state index >= 15 is 0 Å². The van der Waals surface area contributed by atoms with Gasteiger partial charge in [-0.25, -0.2) is 4.79 Å². The molecule has 32 heavy (non-hydrogen) atoms. The fourth-order valence-electron chi connectivity index (χ4n) is 2.91. The summed E-state index contributed by atoms with van der Waals surface area (Å²) in [7, 11) is 0. The lowest BCUT2D eigenvalue weighted by molar-refractivity contribution is 0.0734.